The molecule has 5 nitrogen and oxygen atoms in total. The van der Waals surface area contributed by atoms with Gasteiger partial charge in [0.2, 0.25) is 0 Å². The lowest BCUT2D eigenvalue weighted by atomic mass is 10.2. The van der Waals surface area contributed by atoms with Crippen LogP contribution in [0.25, 0.3) is 0 Å². The average Bonchev–Trinajstić information content (AvgIpc) is 2.47. The van der Waals surface area contributed by atoms with Crippen molar-refractivity contribution in [2.75, 3.05) is 7.11 Å². The van der Waals surface area contributed by atoms with Gasteiger partial charge in [-0.15, -0.1) is 0 Å². The van der Waals surface area contributed by atoms with E-state index in [1.54, 1.807) is 6.07 Å². The van der Waals surface area contributed by atoms with Gasteiger partial charge in [-0.25, -0.2) is 4.39 Å². The Kier molecular flexibility index (Phi) is 4.74. The zero-order valence-corrected chi connectivity index (χ0v) is 12.6. The summed E-state index contributed by atoms with van der Waals surface area (Å²) in [6.45, 7) is 0. The first kappa shape index (κ1) is 15.2. The molecule has 110 valence electrons. The summed E-state index contributed by atoms with van der Waals surface area (Å²) in [5.41, 5.74) is 0.247. The number of methoxy groups -OCH3 is 1. The molecule has 0 aliphatic rings. The number of hydrogen-bond acceptors (Lipinski definition) is 4. The predicted octanol–water partition coefficient (Wildman–Crippen LogP) is 4.43. The van der Waals surface area contributed by atoms with Gasteiger partial charge in [-0.05, 0) is 18.2 Å². The van der Waals surface area contributed by atoms with E-state index < -0.39 is 10.7 Å². The summed E-state index contributed by atoms with van der Waals surface area (Å²) < 4.78 is 24.4. The zero-order valence-electron chi connectivity index (χ0n) is 11.0. The number of ether oxygens (including phenoxy) is 2. The molecule has 0 N–H and O–H groups in total. The third-order valence-electron chi connectivity index (χ3n) is 2.79. The standard InChI is InChI=1S/C14H11BrFNO4/c1-20-14-7-9(17(18)19)5-6-13(14)21-12-4-2-3-11(16)10(12)8-15/h2-7H,8H2,1H3. The highest BCUT2D eigenvalue weighted by atomic mass is 79.9. The maximum atomic E-state index is 13.7. The van der Waals surface area contributed by atoms with Crippen LogP contribution in [0.5, 0.6) is 17.2 Å². The molecule has 2 rings (SSSR count). The molecule has 0 unspecified atom stereocenters. The monoisotopic (exact) mass is 355 g/mol. The minimum atomic E-state index is -0.529. The van der Waals surface area contributed by atoms with E-state index in [1.165, 1.54) is 37.4 Å². The summed E-state index contributed by atoms with van der Waals surface area (Å²) in [7, 11) is 1.38. The summed E-state index contributed by atoms with van der Waals surface area (Å²) in [6, 6.07) is 8.43. The molecule has 7 heteroatoms. The molecule has 0 saturated heterocycles. The van der Waals surface area contributed by atoms with Crippen LogP contribution in [0.2, 0.25) is 0 Å². The first-order valence-corrected chi connectivity index (χ1v) is 7.02. The molecule has 2 aromatic rings. The van der Waals surface area contributed by atoms with E-state index in [9.17, 15) is 14.5 Å². The van der Waals surface area contributed by atoms with Gasteiger partial charge < -0.3 is 9.47 Å². The maximum Gasteiger partial charge on any atom is 0.273 e. The van der Waals surface area contributed by atoms with Crippen LogP contribution >= 0.6 is 15.9 Å². The molecule has 0 radical (unpaired) electrons. The number of nitrogens with zero attached hydrogens (tertiary/aromatic N) is 1. The summed E-state index contributed by atoms with van der Waals surface area (Å²) in [5, 5.41) is 11.0. The number of halogens is 2. The van der Waals surface area contributed by atoms with Crippen LogP contribution in [-0.4, -0.2) is 12.0 Å². The fourth-order valence-corrected chi connectivity index (χ4v) is 2.28. The zero-order chi connectivity index (χ0) is 15.4. The molecule has 0 aromatic heterocycles. The largest absolute Gasteiger partial charge is 0.493 e. The van der Waals surface area contributed by atoms with Gasteiger partial charge in [0.25, 0.3) is 5.69 Å². The molecule has 0 heterocycles. The van der Waals surface area contributed by atoms with Crippen molar-refractivity contribution in [3.8, 4) is 17.2 Å². The van der Waals surface area contributed by atoms with Crippen molar-refractivity contribution in [1.29, 1.82) is 0 Å². The van der Waals surface area contributed by atoms with Crippen molar-refractivity contribution in [1.82, 2.24) is 0 Å². The first-order valence-electron chi connectivity index (χ1n) is 5.90. The number of alkyl halides is 1. The van der Waals surface area contributed by atoms with Gasteiger partial charge in [0.05, 0.1) is 18.1 Å². The molecule has 0 aliphatic heterocycles. The fraction of sp³-hybridized carbons (Fsp3) is 0.143. The van der Waals surface area contributed by atoms with Crippen molar-refractivity contribution < 1.29 is 18.8 Å². The Hall–Kier alpha value is -2.15. The third kappa shape index (κ3) is 3.30. The van der Waals surface area contributed by atoms with Gasteiger partial charge in [0.1, 0.15) is 11.6 Å². The van der Waals surface area contributed by atoms with Gasteiger partial charge in [0, 0.05) is 17.0 Å². The van der Waals surface area contributed by atoms with E-state index in [2.05, 4.69) is 15.9 Å². The molecule has 0 bridgehead atoms. The van der Waals surface area contributed by atoms with E-state index in [0.717, 1.165) is 0 Å². The smallest absolute Gasteiger partial charge is 0.273 e. The number of nitro groups is 1. The Labute approximate surface area is 128 Å². The molecule has 0 fully saturated rings. The Morgan fingerprint density at radius 2 is 2.00 bits per heavy atom. The van der Waals surface area contributed by atoms with Crippen molar-refractivity contribution >= 4 is 21.6 Å². The van der Waals surface area contributed by atoms with Gasteiger partial charge in [-0.1, -0.05) is 22.0 Å². The second-order valence-electron chi connectivity index (χ2n) is 4.04. The summed E-state index contributed by atoms with van der Waals surface area (Å²) >= 11 is 3.20. The van der Waals surface area contributed by atoms with Crippen LogP contribution < -0.4 is 9.47 Å². The van der Waals surface area contributed by atoms with Gasteiger partial charge in [0.15, 0.2) is 11.5 Å². The van der Waals surface area contributed by atoms with Crippen LogP contribution in [0.3, 0.4) is 0 Å². The van der Waals surface area contributed by atoms with Crippen LogP contribution in [0.15, 0.2) is 36.4 Å². The maximum absolute atomic E-state index is 13.7. The van der Waals surface area contributed by atoms with Crippen LogP contribution in [0.1, 0.15) is 5.56 Å². The van der Waals surface area contributed by atoms with Gasteiger partial charge in [-0.2, -0.15) is 0 Å². The summed E-state index contributed by atoms with van der Waals surface area (Å²) in [6.07, 6.45) is 0. The number of non-ortho nitro benzene ring substituents is 1. The number of benzene rings is 2. The number of hydrogen-bond donors (Lipinski definition) is 0. The molecular weight excluding hydrogens is 345 g/mol. The van der Waals surface area contributed by atoms with Crippen LogP contribution in [-0.2, 0) is 5.33 Å². The van der Waals surface area contributed by atoms with Crippen molar-refractivity contribution in [2.45, 2.75) is 5.33 Å². The second kappa shape index (κ2) is 6.53. The Morgan fingerprint density at radius 3 is 2.62 bits per heavy atom. The summed E-state index contributed by atoms with van der Waals surface area (Å²) in [5.74, 6) is 0.397. The molecule has 2 aromatic carbocycles. The van der Waals surface area contributed by atoms with E-state index in [-0.39, 0.29) is 22.5 Å². The minimum absolute atomic E-state index is 0.112. The topological polar surface area (TPSA) is 61.6 Å². The number of rotatable bonds is 5. The second-order valence-corrected chi connectivity index (χ2v) is 4.61. The molecule has 0 saturated carbocycles. The van der Waals surface area contributed by atoms with Crippen molar-refractivity contribution in [3.63, 3.8) is 0 Å². The predicted molar refractivity (Wildman–Crippen MR) is 78.8 cm³/mol. The molecule has 21 heavy (non-hydrogen) atoms. The van der Waals surface area contributed by atoms with E-state index in [0.29, 0.717) is 11.3 Å². The van der Waals surface area contributed by atoms with E-state index >= 15 is 0 Å². The van der Waals surface area contributed by atoms with E-state index in [4.69, 9.17) is 9.47 Å². The van der Waals surface area contributed by atoms with E-state index in [1.807, 2.05) is 0 Å². The van der Waals surface area contributed by atoms with Crippen LogP contribution in [0, 0.1) is 15.9 Å². The highest BCUT2D eigenvalue weighted by Gasteiger charge is 2.15. The lowest BCUT2D eigenvalue weighted by Crippen LogP contribution is -1.96. The molecule has 0 amide bonds. The minimum Gasteiger partial charge on any atom is -0.493 e. The quantitative estimate of drug-likeness (QED) is 0.452. The molecule has 0 spiro atoms. The van der Waals surface area contributed by atoms with Crippen molar-refractivity contribution in [2.24, 2.45) is 0 Å². The lowest BCUT2D eigenvalue weighted by molar-refractivity contribution is -0.384. The Morgan fingerprint density at radius 1 is 1.24 bits per heavy atom. The molecule has 0 atom stereocenters. The Balaban J connectivity index is 2.40. The van der Waals surface area contributed by atoms with Crippen molar-refractivity contribution in [3.05, 3.63) is 57.9 Å². The molecular formula is C14H11BrFNO4. The lowest BCUT2D eigenvalue weighted by Gasteiger charge is -2.13. The normalized spacial score (nSPS) is 10.2. The Bertz CT molecular complexity index is 678. The summed E-state index contributed by atoms with van der Waals surface area (Å²) in [4.78, 5) is 10.2. The average molecular weight is 356 g/mol. The highest BCUT2D eigenvalue weighted by Crippen LogP contribution is 2.36. The first-order chi connectivity index (χ1) is 10.1. The fourth-order valence-electron chi connectivity index (χ4n) is 1.74. The SMILES string of the molecule is COc1cc([N+](=O)[O-])ccc1Oc1cccc(F)c1CBr. The van der Waals surface area contributed by atoms with Crippen LogP contribution in [0.4, 0.5) is 10.1 Å². The third-order valence-corrected chi connectivity index (χ3v) is 3.35. The number of nitro benzene ring substituents is 1. The highest BCUT2D eigenvalue weighted by molar-refractivity contribution is 9.08. The van der Waals surface area contributed by atoms with Gasteiger partial charge >= 0.3 is 0 Å². The van der Waals surface area contributed by atoms with Gasteiger partial charge in [-0.3, -0.25) is 10.1 Å². The molecule has 0 aliphatic carbocycles.